The number of hydrogen-bond donors (Lipinski definition) is 2. The summed E-state index contributed by atoms with van der Waals surface area (Å²) >= 11 is 3.14. The van der Waals surface area contributed by atoms with E-state index in [1.807, 2.05) is 0 Å². The molecule has 0 radical (unpaired) electrons. The van der Waals surface area contributed by atoms with Gasteiger partial charge in [0.15, 0.2) is 11.6 Å². The van der Waals surface area contributed by atoms with Gasteiger partial charge in [-0.05, 0) is 28.4 Å². The molecule has 4 nitrogen and oxygen atoms in total. The van der Waals surface area contributed by atoms with Crippen LogP contribution >= 0.6 is 15.9 Å². The summed E-state index contributed by atoms with van der Waals surface area (Å²) in [5.74, 6) is -0.0979. The van der Waals surface area contributed by atoms with E-state index in [0.717, 1.165) is 6.42 Å². The molecule has 1 heterocycles. The Bertz CT molecular complexity index is 325. The van der Waals surface area contributed by atoms with Crippen LogP contribution in [0.25, 0.3) is 0 Å². The molecule has 3 N–H and O–H groups in total. The molecule has 0 saturated heterocycles. The number of nitrogens with zero attached hydrogens (tertiary/aromatic N) is 1. The van der Waals surface area contributed by atoms with E-state index in [-0.39, 0.29) is 11.6 Å². The van der Waals surface area contributed by atoms with Gasteiger partial charge in [0.05, 0.1) is 6.61 Å². The number of pyridine rings is 1. The lowest BCUT2D eigenvalue weighted by atomic mass is 10.4. The van der Waals surface area contributed by atoms with Crippen molar-refractivity contribution >= 4 is 21.7 Å². The molecule has 90 valence electrons. The number of hydrogen-bond acceptors (Lipinski definition) is 4. The summed E-state index contributed by atoms with van der Waals surface area (Å²) in [5, 5.41) is 2.90. The molecular formula is C10H15BrFN3O. The van der Waals surface area contributed by atoms with E-state index in [1.165, 1.54) is 6.07 Å². The second-order valence-corrected chi connectivity index (χ2v) is 4.08. The first kappa shape index (κ1) is 13.3. The van der Waals surface area contributed by atoms with E-state index < -0.39 is 0 Å². The van der Waals surface area contributed by atoms with E-state index >= 15 is 0 Å². The maximum Gasteiger partial charge on any atom is 0.166 e. The molecule has 0 amide bonds. The van der Waals surface area contributed by atoms with Gasteiger partial charge in [-0.3, -0.25) is 0 Å². The van der Waals surface area contributed by atoms with Gasteiger partial charge >= 0.3 is 0 Å². The van der Waals surface area contributed by atoms with Crippen LogP contribution in [-0.4, -0.2) is 31.3 Å². The van der Waals surface area contributed by atoms with Crippen LogP contribution in [0.1, 0.15) is 6.42 Å². The average molecular weight is 292 g/mol. The number of anilines is 1. The molecule has 0 unspecified atom stereocenters. The molecule has 0 fully saturated rings. The number of rotatable bonds is 7. The first-order valence-electron chi connectivity index (χ1n) is 5.06. The van der Waals surface area contributed by atoms with Gasteiger partial charge in [-0.1, -0.05) is 0 Å². The zero-order valence-corrected chi connectivity index (χ0v) is 10.5. The third kappa shape index (κ3) is 4.87. The maximum atomic E-state index is 13.3. The summed E-state index contributed by atoms with van der Waals surface area (Å²) in [6, 6.07) is 1.38. The first-order valence-corrected chi connectivity index (χ1v) is 5.86. The maximum absolute atomic E-state index is 13.3. The zero-order chi connectivity index (χ0) is 11.8. The van der Waals surface area contributed by atoms with Crippen molar-refractivity contribution in [3.63, 3.8) is 0 Å². The van der Waals surface area contributed by atoms with E-state index in [4.69, 9.17) is 10.5 Å². The topological polar surface area (TPSA) is 60.2 Å². The fourth-order valence-corrected chi connectivity index (χ4v) is 1.41. The molecule has 0 bridgehead atoms. The molecule has 6 heteroatoms. The average Bonchev–Trinajstić information content (AvgIpc) is 2.26. The Hall–Kier alpha value is -0.720. The predicted molar refractivity (Wildman–Crippen MR) is 64.9 cm³/mol. The van der Waals surface area contributed by atoms with Crippen LogP contribution in [0.3, 0.4) is 0 Å². The number of halogens is 2. The number of nitrogens with two attached hydrogens (primary N) is 1. The monoisotopic (exact) mass is 291 g/mol. The van der Waals surface area contributed by atoms with Gasteiger partial charge in [-0.25, -0.2) is 9.37 Å². The second kappa shape index (κ2) is 7.54. The summed E-state index contributed by atoms with van der Waals surface area (Å²) in [7, 11) is 0. The van der Waals surface area contributed by atoms with Crippen molar-refractivity contribution in [1.82, 2.24) is 4.98 Å². The summed E-state index contributed by atoms with van der Waals surface area (Å²) in [6.07, 6.45) is 2.34. The highest BCUT2D eigenvalue weighted by atomic mass is 79.9. The summed E-state index contributed by atoms with van der Waals surface area (Å²) in [4.78, 5) is 3.92. The van der Waals surface area contributed by atoms with Crippen molar-refractivity contribution in [2.45, 2.75) is 6.42 Å². The molecule has 1 aromatic rings. The van der Waals surface area contributed by atoms with Crippen molar-refractivity contribution < 1.29 is 9.13 Å². The third-order valence-electron chi connectivity index (χ3n) is 1.83. The predicted octanol–water partition coefficient (Wildman–Crippen LogP) is 1.76. The van der Waals surface area contributed by atoms with E-state index in [1.54, 1.807) is 6.20 Å². The first-order chi connectivity index (χ1) is 7.74. The van der Waals surface area contributed by atoms with Crippen LogP contribution < -0.4 is 11.1 Å². The second-order valence-electron chi connectivity index (χ2n) is 3.17. The van der Waals surface area contributed by atoms with Gasteiger partial charge in [0.2, 0.25) is 0 Å². The third-order valence-corrected chi connectivity index (χ3v) is 2.26. The van der Waals surface area contributed by atoms with Crippen LogP contribution in [0.4, 0.5) is 10.2 Å². The van der Waals surface area contributed by atoms with Crippen LogP contribution in [0.2, 0.25) is 0 Å². The highest BCUT2D eigenvalue weighted by Gasteiger charge is 2.02. The fourth-order valence-electron chi connectivity index (χ4n) is 1.11. The fraction of sp³-hybridized carbons (Fsp3) is 0.500. The highest BCUT2D eigenvalue weighted by molar-refractivity contribution is 9.10. The minimum atomic E-state index is -0.364. The van der Waals surface area contributed by atoms with E-state index in [9.17, 15) is 4.39 Å². The van der Waals surface area contributed by atoms with Gasteiger partial charge in [0.1, 0.15) is 0 Å². The summed E-state index contributed by atoms with van der Waals surface area (Å²) in [5.41, 5.74) is 5.26. The molecule has 0 aliphatic heterocycles. The molecule has 0 aliphatic carbocycles. The molecule has 0 atom stereocenters. The Morgan fingerprint density at radius 3 is 3.00 bits per heavy atom. The molecule has 0 aromatic carbocycles. The quantitative estimate of drug-likeness (QED) is 0.752. The largest absolute Gasteiger partial charge is 0.380 e. The van der Waals surface area contributed by atoms with Crippen molar-refractivity contribution in [3.8, 4) is 0 Å². The van der Waals surface area contributed by atoms with Gasteiger partial charge in [0.25, 0.3) is 0 Å². The van der Waals surface area contributed by atoms with Gasteiger partial charge < -0.3 is 15.8 Å². The Kier molecular flexibility index (Phi) is 6.29. The van der Waals surface area contributed by atoms with E-state index in [0.29, 0.717) is 30.8 Å². The van der Waals surface area contributed by atoms with Crippen molar-refractivity contribution in [2.24, 2.45) is 5.73 Å². The lowest BCUT2D eigenvalue weighted by Crippen LogP contribution is -2.12. The van der Waals surface area contributed by atoms with Crippen molar-refractivity contribution in [1.29, 1.82) is 0 Å². The zero-order valence-electron chi connectivity index (χ0n) is 8.88. The number of nitrogens with one attached hydrogen (secondary N) is 1. The molecular weight excluding hydrogens is 277 g/mol. The Morgan fingerprint density at radius 1 is 1.50 bits per heavy atom. The number of aromatic nitrogens is 1. The van der Waals surface area contributed by atoms with Crippen molar-refractivity contribution in [2.75, 3.05) is 31.6 Å². The number of ether oxygens (including phenoxy) is 1. The molecule has 1 rings (SSSR count). The molecule has 1 aromatic heterocycles. The van der Waals surface area contributed by atoms with Crippen LogP contribution in [-0.2, 0) is 4.74 Å². The van der Waals surface area contributed by atoms with Crippen molar-refractivity contribution in [3.05, 3.63) is 22.6 Å². The van der Waals surface area contributed by atoms with Crippen LogP contribution in [0.15, 0.2) is 16.7 Å². The Morgan fingerprint density at radius 2 is 2.31 bits per heavy atom. The summed E-state index contributed by atoms with van der Waals surface area (Å²) in [6.45, 7) is 2.32. The SMILES string of the molecule is NCCOCCCNc1ncc(Br)cc1F. The Labute approximate surface area is 103 Å². The smallest absolute Gasteiger partial charge is 0.166 e. The highest BCUT2D eigenvalue weighted by Crippen LogP contribution is 2.15. The minimum Gasteiger partial charge on any atom is -0.380 e. The lowest BCUT2D eigenvalue weighted by molar-refractivity contribution is 0.141. The summed E-state index contributed by atoms with van der Waals surface area (Å²) < 4.78 is 19.1. The van der Waals surface area contributed by atoms with Gasteiger partial charge in [-0.15, -0.1) is 0 Å². The van der Waals surface area contributed by atoms with Gasteiger partial charge in [-0.2, -0.15) is 0 Å². The molecule has 16 heavy (non-hydrogen) atoms. The minimum absolute atomic E-state index is 0.266. The lowest BCUT2D eigenvalue weighted by Gasteiger charge is -2.06. The Balaban J connectivity index is 2.21. The standard InChI is InChI=1S/C10H15BrFN3O/c11-8-6-9(12)10(15-7-8)14-3-1-4-16-5-2-13/h6-7H,1-5,13H2,(H,14,15). The van der Waals surface area contributed by atoms with E-state index in [2.05, 4.69) is 26.2 Å². The van der Waals surface area contributed by atoms with Gasteiger partial charge in [0, 0.05) is 30.4 Å². The van der Waals surface area contributed by atoms with Crippen LogP contribution in [0, 0.1) is 5.82 Å². The normalized spacial score (nSPS) is 10.4. The molecule has 0 saturated carbocycles. The molecule has 0 spiro atoms. The molecule has 0 aliphatic rings. The van der Waals surface area contributed by atoms with Crippen LogP contribution in [0.5, 0.6) is 0 Å².